The molecule has 1 aromatic carbocycles. The van der Waals surface area contributed by atoms with Crippen LogP contribution >= 0.6 is 34.7 Å². The number of thioether (sulfide) groups is 1. The minimum Gasteiger partial charge on any atom is -0.398 e. The molecule has 1 aromatic heterocycles. The molecule has 2 nitrogen and oxygen atoms in total. The van der Waals surface area contributed by atoms with Crippen molar-refractivity contribution in [1.82, 2.24) is 4.98 Å². The SMILES string of the molecule is CCc1nc(CSc2ccc(N)c(Cl)c2)cs1. The van der Waals surface area contributed by atoms with Gasteiger partial charge in [-0.15, -0.1) is 23.1 Å². The van der Waals surface area contributed by atoms with Crippen molar-refractivity contribution in [2.24, 2.45) is 0 Å². The highest BCUT2D eigenvalue weighted by Crippen LogP contribution is 2.28. The molecule has 0 unspecified atom stereocenters. The summed E-state index contributed by atoms with van der Waals surface area (Å²) < 4.78 is 0. The molecule has 0 aliphatic carbocycles. The number of halogens is 1. The van der Waals surface area contributed by atoms with Crippen molar-refractivity contribution in [2.45, 2.75) is 24.0 Å². The number of rotatable bonds is 4. The van der Waals surface area contributed by atoms with Crippen molar-refractivity contribution in [3.8, 4) is 0 Å². The molecule has 2 N–H and O–H groups in total. The number of nitrogens with two attached hydrogens (primary N) is 1. The molecule has 2 rings (SSSR count). The van der Waals surface area contributed by atoms with Gasteiger partial charge in [-0.1, -0.05) is 18.5 Å². The highest BCUT2D eigenvalue weighted by Gasteiger charge is 2.03. The van der Waals surface area contributed by atoms with Gasteiger partial charge in [0, 0.05) is 16.0 Å². The van der Waals surface area contributed by atoms with E-state index < -0.39 is 0 Å². The van der Waals surface area contributed by atoms with Crippen molar-refractivity contribution in [3.63, 3.8) is 0 Å². The monoisotopic (exact) mass is 284 g/mol. The average Bonchev–Trinajstić information content (AvgIpc) is 2.79. The molecule has 0 aliphatic heterocycles. The van der Waals surface area contributed by atoms with Gasteiger partial charge in [0.1, 0.15) is 0 Å². The van der Waals surface area contributed by atoms with Gasteiger partial charge in [-0.3, -0.25) is 0 Å². The van der Waals surface area contributed by atoms with Crippen LogP contribution in [0.4, 0.5) is 5.69 Å². The van der Waals surface area contributed by atoms with Crippen LogP contribution in [0.2, 0.25) is 5.02 Å². The molecule has 0 saturated carbocycles. The van der Waals surface area contributed by atoms with Crippen LogP contribution in [-0.4, -0.2) is 4.98 Å². The Balaban J connectivity index is 1.99. The van der Waals surface area contributed by atoms with E-state index in [2.05, 4.69) is 17.3 Å². The predicted molar refractivity (Wildman–Crippen MR) is 76.9 cm³/mol. The fraction of sp³-hybridized carbons (Fsp3) is 0.250. The Labute approximate surface area is 114 Å². The number of nitrogen functional groups attached to an aromatic ring is 1. The molecule has 0 radical (unpaired) electrons. The van der Waals surface area contributed by atoms with Crippen molar-refractivity contribution in [1.29, 1.82) is 0 Å². The Morgan fingerprint density at radius 3 is 2.94 bits per heavy atom. The van der Waals surface area contributed by atoms with Gasteiger partial charge in [0.15, 0.2) is 0 Å². The smallest absolute Gasteiger partial charge is 0.0925 e. The van der Waals surface area contributed by atoms with E-state index >= 15 is 0 Å². The van der Waals surface area contributed by atoms with Crippen LogP contribution in [0.5, 0.6) is 0 Å². The highest BCUT2D eigenvalue weighted by molar-refractivity contribution is 7.98. The molecule has 1 heterocycles. The first-order chi connectivity index (χ1) is 8.19. The zero-order valence-electron chi connectivity index (χ0n) is 9.44. The summed E-state index contributed by atoms with van der Waals surface area (Å²) in [5, 5.41) is 3.92. The van der Waals surface area contributed by atoms with Crippen molar-refractivity contribution < 1.29 is 0 Å². The molecule has 0 amide bonds. The van der Waals surface area contributed by atoms with Gasteiger partial charge in [-0.25, -0.2) is 4.98 Å². The summed E-state index contributed by atoms with van der Waals surface area (Å²) in [6.45, 7) is 2.12. The Hall–Kier alpha value is -0.710. The molecule has 2 aromatic rings. The fourth-order valence-corrected chi connectivity index (χ4v) is 3.26. The number of hydrogen-bond donors (Lipinski definition) is 1. The zero-order valence-corrected chi connectivity index (χ0v) is 11.8. The maximum atomic E-state index is 5.97. The summed E-state index contributed by atoms with van der Waals surface area (Å²) in [5.74, 6) is 0.872. The number of thiazole rings is 1. The molecule has 0 aliphatic rings. The van der Waals surface area contributed by atoms with Gasteiger partial charge in [-0.05, 0) is 24.6 Å². The van der Waals surface area contributed by atoms with Crippen LogP contribution in [0.15, 0.2) is 28.5 Å². The second-order valence-corrected chi connectivity index (χ2v) is 5.96. The van der Waals surface area contributed by atoms with E-state index in [1.165, 1.54) is 5.01 Å². The van der Waals surface area contributed by atoms with Crippen LogP contribution in [0, 0.1) is 0 Å². The predicted octanol–water partition coefficient (Wildman–Crippen LogP) is 4.23. The number of aromatic nitrogens is 1. The lowest BCUT2D eigenvalue weighted by molar-refractivity contribution is 1.06. The minimum atomic E-state index is 0.613. The van der Waals surface area contributed by atoms with E-state index in [0.717, 1.165) is 22.8 Å². The lowest BCUT2D eigenvalue weighted by Gasteiger charge is -2.02. The number of aryl methyl sites for hydroxylation is 1. The molecule has 0 fully saturated rings. The molecule has 0 atom stereocenters. The fourth-order valence-electron chi connectivity index (χ4n) is 1.33. The Morgan fingerprint density at radius 1 is 1.47 bits per heavy atom. The summed E-state index contributed by atoms with van der Waals surface area (Å²) in [7, 11) is 0. The first-order valence-corrected chi connectivity index (χ1v) is 7.54. The molecular weight excluding hydrogens is 272 g/mol. The number of anilines is 1. The summed E-state index contributed by atoms with van der Waals surface area (Å²) in [6.07, 6.45) is 1.00. The van der Waals surface area contributed by atoms with Gasteiger partial charge < -0.3 is 5.73 Å². The molecule has 5 heteroatoms. The summed E-state index contributed by atoms with van der Waals surface area (Å²) in [6, 6.07) is 5.72. The average molecular weight is 285 g/mol. The standard InChI is InChI=1S/C12H13ClN2S2/c1-2-12-15-8(7-17-12)6-16-9-3-4-11(14)10(13)5-9/h3-5,7H,2,6,14H2,1H3. The number of benzene rings is 1. The molecule has 17 heavy (non-hydrogen) atoms. The van der Waals surface area contributed by atoms with Gasteiger partial charge in [0.2, 0.25) is 0 Å². The Kier molecular flexibility index (Phi) is 4.31. The van der Waals surface area contributed by atoms with E-state index in [4.69, 9.17) is 17.3 Å². The Morgan fingerprint density at radius 2 is 2.29 bits per heavy atom. The molecule has 0 spiro atoms. The summed E-state index contributed by atoms with van der Waals surface area (Å²) in [4.78, 5) is 5.64. The third-order valence-electron chi connectivity index (χ3n) is 2.26. The summed E-state index contributed by atoms with van der Waals surface area (Å²) >= 11 is 9.41. The first kappa shape index (κ1) is 12.7. The van der Waals surface area contributed by atoms with Crippen LogP contribution in [0.3, 0.4) is 0 Å². The second-order valence-electron chi connectivity index (χ2n) is 3.56. The quantitative estimate of drug-likeness (QED) is 0.674. The lowest BCUT2D eigenvalue weighted by Crippen LogP contribution is -1.86. The Bertz CT molecular complexity index is 511. The third kappa shape index (κ3) is 3.37. The van der Waals surface area contributed by atoms with E-state index in [-0.39, 0.29) is 0 Å². The third-order valence-corrected chi connectivity index (χ3v) is 4.66. The minimum absolute atomic E-state index is 0.613. The van der Waals surface area contributed by atoms with Crippen LogP contribution in [0.1, 0.15) is 17.6 Å². The van der Waals surface area contributed by atoms with Gasteiger partial charge in [-0.2, -0.15) is 0 Å². The van der Waals surface area contributed by atoms with Gasteiger partial charge in [0.25, 0.3) is 0 Å². The normalized spacial score (nSPS) is 10.7. The number of nitrogens with zero attached hydrogens (tertiary/aromatic N) is 1. The van der Waals surface area contributed by atoms with Crippen LogP contribution < -0.4 is 5.73 Å². The van der Waals surface area contributed by atoms with E-state index in [0.29, 0.717) is 10.7 Å². The summed E-state index contributed by atoms with van der Waals surface area (Å²) in [5.41, 5.74) is 7.42. The molecular formula is C12H13ClN2S2. The van der Waals surface area contributed by atoms with Crippen LogP contribution in [-0.2, 0) is 12.2 Å². The van der Waals surface area contributed by atoms with Gasteiger partial charge >= 0.3 is 0 Å². The van der Waals surface area contributed by atoms with Crippen molar-refractivity contribution >= 4 is 40.4 Å². The topological polar surface area (TPSA) is 38.9 Å². The largest absolute Gasteiger partial charge is 0.398 e. The number of hydrogen-bond acceptors (Lipinski definition) is 4. The van der Waals surface area contributed by atoms with E-state index in [9.17, 15) is 0 Å². The van der Waals surface area contributed by atoms with Crippen molar-refractivity contribution in [2.75, 3.05) is 5.73 Å². The molecule has 0 bridgehead atoms. The zero-order chi connectivity index (χ0) is 12.3. The van der Waals surface area contributed by atoms with Crippen molar-refractivity contribution in [3.05, 3.63) is 39.3 Å². The van der Waals surface area contributed by atoms with E-state index in [1.54, 1.807) is 23.1 Å². The van der Waals surface area contributed by atoms with Gasteiger partial charge in [0.05, 0.1) is 21.4 Å². The van der Waals surface area contributed by atoms with Crippen LogP contribution in [0.25, 0.3) is 0 Å². The second kappa shape index (κ2) is 5.76. The maximum absolute atomic E-state index is 5.97. The molecule has 90 valence electrons. The highest BCUT2D eigenvalue weighted by atomic mass is 35.5. The molecule has 0 saturated heterocycles. The maximum Gasteiger partial charge on any atom is 0.0925 e. The van der Waals surface area contributed by atoms with E-state index in [1.807, 2.05) is 18.2 Å². The first-order valence-electron chi connectivity index (χ1n) is 5.30. The lowest BCUT2D eigenvalue weighted by atomic mass is 10.3.